The van der Waals surface area contributed by atoms with Crippen molar-refractivity contribution in [3.8, 4) is 10.6 Å². The van der Waals surface area contributed by atoms with E-state index in [1.807, 2.05) is 37.3 Å². The number of fused-ring (bicyclic) bond motifs is 1. The number of carbonyl (C=O) groups excluding carboxylic acids is 1. The summed E-state index contributed by atoms with van der Waals surface area (Å²) in [5, 5.41) is 4.11. The predicted octanol–water partition coefficient (Wildman–Crippen LogP) is 4.41. The summed E-state index contributed by atoms with van der Waals surface area (Å²) in [7, 11) is 0. The molecule has 1 N–H and O–H groups in total. The lowest BCUT2D eigenvalue weighted by Crippen LogP contribution is -2.38. The van der Waals surface area contributed by atoms with Gasteiger partial charge in [0, 0.05) is 11.6 Å². The molecular formula is C21H20N2OS. The lowest BCUT2D eigenvalue weighted by Gasteiger charge is -2.25. The lowest BCUT2D eigenvalue weighted by molar-refractivity contribution is 0.0937. The number of amides is 1. The topological polar surface area (TPSA) is 42.0 Å². The molecule has 0 radical (unpaired) electrons. The van der Waals surface area contributed by atoms with Gasteiger partial charge in [0.25, 0.3) is 5.91 Å². The van der Waals surface area contributed by atoms with Gasteiger partial charge in [0.05, 0.1) is 5.69 Å². The number of thiazole rings is 1. The Bertz CT molecular complexity index is 901. The normalized spacial score (nSPS) is 16.3. The number of aromatic nitrogens is 1. The van der Waals surface area contributed by atoms with E-state index in [9.17, 15) is 4.79 Å². The van der Waals surface area contributed by atoms with Crippen molar-refractivity contribution in [3.05, 3.63) is 76.3 Å². The first-order valence-electron chi connectivity index (χ1n) is 8.61. The molecular weight excluding hydrogens is 328 g/mol. The van der Waals surface area contributed by atoms with Crippen molar-refractivity contribution >= 4 is 17.2 Å². The Labute approximate surface area is 151 Å². The molecule has 1 aliphatic carbocycles. The van der Waals surface area contributed by atoms with Gasteiger partial charge >= 0.3 is 0 Å². The average molecular weight is 348 g/mol. The zero-order valence-corrected chi connectivity index (χ0v) is 15.0. The number of nitrogens with one attached hydrogen (secondary N) is 1. The van der Waals surface area contributed by atoms with Crippen molar-refractivity contribution in [3.63, 3.8) is 0 Å². The Morgan fingerprint density at radius 3 is 2.60 bits per heavy atom. The molecule has 1 aromatic heterocycles. The zero-order chi connectivity index (χ0) is 17.2. The van der Waals surface area contributed by atoms with E-state index in [1.54, 1.807) is 0 Å². The maximum atomic E-state index is 12.7. The summed E-state index contributed by atoms with van der Waals surface area (Å²) in [6, 6.07) is 18.7. The first kappa shape index (κ1) is 16.0. The number of hydrogen-bond acceptors (Lipinski definition) is 3. The molecule has 3 nitrogen and oxygen atoms in total. The first-order valence-corrected chi connectivity index (χ1v) is 9.43. The van der Waals surface area contributed by atoms with E-state index in [4.69, 9.17) is 0 Å². The van der Waals surface area contributed by atoms with Crippen molar-refractivity contribution in [1.82, 2.24) is 10.3 Å². The largest absolute Gasteiger partial charge is 0.348 e. The zero-order valence-electron chi connectivity index (χ0n) is 14.2. The van der Waals surface area contributed by atoms with Crippen LogP contribution < -0.4 is 5.32 Å². The molecule has 4 rings (SSSR count). The van der Waals surface area contributed by atoms with Crippen molar-refractivity contribution < 1.29 is 4.79 Å². The predicted molar refractivity (Wildman–Crippen MR) is 102 cm³/mol. The number of carbonyl (C=O) groups is 1. The maximum Gasteiger partial charge on any atom is 0.263 e. The van der Waals surface area contributed by atoms with Gasteiger partial charge in [0.2, 0.25) is 0 Å². The fourth-order valence-corrected chi connectivity index (χ4v) is 4.36. The van der Waals surface area contributed by atoms with Gasteiger partial charge in [-0.25, -0.2) is 4.98 Å². The Hall–Kier alpha value is -2.46. The monoisotopic (exact) mass is 348 g/mol. The van der Waals surface area contributed by atoms with E-state index < -0.39 is 0 Å². The van der Waals surface area contributed by atoms with Gasteiger partial charge in [-0.15, -0.1) is 11.3 Å². The Morgan fingerprint density at radius 2 is 1.80 bits per heavy atom. The third kappa shape index (κ3) is 3.35. The van der Waals surface area contributed by atoms with Gasteiger partial charge in [0.15, 0.2) is 0 Å². The van der Waals surface area contributed by atoms with Crippen LogP contribution in [0, 0.1) is 6.92 Å². The van der Waals surface area contributed by atoms with Crippen LogP contribution >= 0.6 is 11.3 Å². The van der Waals surface area contributed by atoms with E-state index in [2.05, 4.69) is 34.6 Å². The van der Waals surface area contributed by atoms with Crippen LogP contribution in [0.5, 0.6) is 0 Å². The molecule has 0 unspecified atom stereocenters. The van der Waals surface area contributed by atoms with Gasteiger partial charge in [-0.2, -0.15) is 0 Å². The summed E-state index contributed by atoms with van der Waals surface area (Å²) in [4.78, 5) is 18.1. The van der Waals surface area contributed by atoms with Crippen LogP contribution in [0.1, 0.15) is 32.9 Å². The molecule has 0 saturated heterocycles. The van der Waals surface area contributed by atoms with Crippen LogP contribution in [0.2, 0.25) is 0 Å². The molecule has 2 aromatic carbocycles. The van der Waals surface area contributed by atoms with E-state index in [-0.39, 0.29) is 11.9 Å². The molecule has 3 aromatic rings. The molecule has 0 spiro atoms. The van der Waals surface area contributed by atoms with Crippen LogP contribution in [0.15, 0.2) is 54.6 Å². The number of benzene rings is 2. The SMILES string of the molecule is Cc1nc(-c2ccccc2)sc1C(=O)N[C@H]1CCc2ccccc2C1. The summed E-state index contributed by atoms with van der Waals surface area (Å²) in [5.74, 6) is 0.00145. The minimum atomic E-state index is 0.00145. The molecule has 0 saturated carbocycles. The molecule has 0 fully saturated rings. The second-order valence-corrected chi connectivity index (χ2v) is 7.48. The van der Waals surface area contributed by atoms with Gasteiger partial charge < -0.3 is 5.32 Å². The van der Waals surface area contributed by atoms with Crippen LogP contribution in [0.3, 0.4) is 0 Å². The smallest absolute Gasteiger partial charge is 0.263 e. The molecule has 1 heterocycles. The Balaban J connectivity index is 1.50. The minimum Gasteiger partial charge on any atom is -0.348 e. The van der Waals surface area contributed by atoms with Gasteiger partial charge in [-0.1, -0.05) is 54.6 Å². The van der Waals surface area contributed by atoms with E-state index in [0.29, 0.717) is 0 Å². The van der Waals surface area contributed by atoms with Crippen LogP contribution in [-0.4, -0.2) is 16.9 Å². The van der Waals surface area contributed by atoms with Crippen molar-refractivity contribution in [2.45, 2.75) is 32.2 Å². The molecule has 1 atom stereocenters. The van der Waals surface area contributed by atoms with E-state index >= 15 is 0 Å². The van der Waals surface area contributed by atoms with Gasteiger partial charge in [0.1, 0.15) is 9.88 Å². The number of rotatable bonds is 3. The highest BCUT2D eigenvalue weighted by Crippen LogP contribution is 2.28. The third-order valence-electron chi connectivity index (χ3n) is 4.71. The molecule has 0 bridgehead atoms. The molecule has 25 heavy (non-hydrogen) atoms. The first-order chi connectivity index (χ1) is 12.2. The van der Waals surface area contributed by atoms with Crippen LogP contribution in [0.25, 0.3) is 10.6 Å². The molecule has 0 aliphatic heterocycles. The van der Waals surface area contributed by atoms with Crippen LogP contribution in [0.4, 0.5) is 0 Å². The van der Waals surface area contributed by atoms with Crippen molar-refractivity contribution in [2.75, 3.05) is 0 Å². The quantitative estimate of drug-likeness (QED) is 0.762. The molecule has 1 amide bonds. The number of hydrogen-bond donors (Lipinski definition) is 1. The maximum absolute atomic E-state index is 12.7. The Morgan fingerprint density at radius 1 is 1.08 bits per heavy atom. The molecule has 1 aliphatic rings. The average Bonchev–Trinajstić information content (AvgIpc) is 3.04. The standard InChI is InChI=1S/C21H20N2OS/c1-14-19(25-21(22-14)16-8-3-2-4-9-16)20(24)23-18-12-11-15-7-5-6-10-17(15)13-18/h2-10,18H,11-13H2,1H3,(H,23,24)/t18-/m0/s1. The third-order valence-corrected chi connectivity index (χ3v) is 5.91. The fourth-order valence-electron chi connectivity index (χ4n) is 3.38. The van der Waals surface area contributed by atoms with Gasteiger partial charge in [-0.05, 0) is 37.3 Å². The summed E-state index contributed by atoms with van der Waals surface area (Å²) in [6.45, 7) is 1.91. The minimum absolute atomic E-state index is 0.00145. The molecule has 4 heteroatoms. The van der Waals surface area contributed by atoms with Crippen LogP contribution in [-0.2, 0) is 12.8 Å². The summed E-state index contributed by atoms with van der Waals surface area (Å²) < 4.78 is 0. The lowest BCUT2D eigenvalue weighted by atomic mass is 9.88. The number of aryl methyl sites for hydroxylation is 2. The highest BCUT2D eigenvalue weighted by atomic mass is 32.1. The highest BCUT2D eigenvalue weighted by molar-refractivity contribution is 7.17. The fraction of sp³-hybridized carbons (Fsp3) is 0.238. The molecule has 126 valence electrons. The summed E-state index contributed by atoms with van der Waals surface area (Å²) in [5.41, 5.74) is 4.62. The van der Waals surface area contributed by atoms with Gasteiger partial charge in [-0.3, -0.25) is 4.79 Å². The van der Waals surface area contributed by atoms with E-state index in [0.717, 1.165) is 40.4 Å². The van der Waals surface area contributed by atoms with Crippen molar-refractivity contribution in [2.24, 2.45) is 0 Å². The second-order valence-electron chi connectivity index (χ2n) is 6.48. The Kier molecular flexibility index (Phi) is 4.36. The summed E-state index contributed by atoms with van der Waals surface area (Å²) >= 11 is 1.47. The number of nitrogens with zero attached hydrogens (tertiary/aromatic N) is 1. The van der Waals surface area contributed by atoms with E-state index in [1.165, 1.54) is 22.5 Å². The second kappa shape index (κ2) is 6.81. The summed E-state index contributed by atoms with van der Waals surface area (Å²) in [6.07, 6.45) is 2.93. The van der Waals surface area contributed by atoms with Crippen molar-refractivity contribution in [1.29, 1.82) is 0 Å². The highest BCUT2D eigenvalue weighted by Gasteiger charge is 2.23.